The van der Waals surface area contributed by atoms with Crippen LogP contribution in [-0.2, 0) is 4.79 Å². The second-order valence-electron chi connectivity index (χ2n) is 6.68. The van der Waals surface area contributed by atoms with Crippen LogP contribution in [0.3, 0.4) is 0 Å². The third kappa shape index (κ3) is 4.13. The molecule has 2 aromatic carbocycles. The fourth-order valence-corrected chi connectivity index (χ4v) is 5.19. The van der Waals surface area contributed by atoms with Crippen LogP contribution in [0.15, 0.2) is 64.1 Å². The fourth-order valence-electron chi connectivity index (χ4n) is 3.24. The third-order valence-corrected chi connectivity index (χ3v) is 6.89. The number of amides is 1. The zero-order chi connectivity index (χ0) is 20.5. The summed E-state index contributed by atoms with van der Waals surface area (Å²) in [4.78, 5) is 13.3. The van der Waals surface area contributed by atoms with Gasteiger partial charge in [0.25, 0.3) is 0 Å². The second kappa shape index (κ2) is 8.34. The predicted molar refractivity (Wildman–Crippen MR) is 122 cm³/mol. The van der Waals surface area contributed by atoms with Crippen LogP contribution in [0.5, 0.6) is 5.75 Å². The molecule has 4 rings (SSSR count). The maximum absolute atomic E-state index is 13.3. The highest BCUT2D eigenvalue weighted by atomic mass is 79.9. The van der Waals surface area contributed by atoms with Gasteiger partial charge in [-0.2, -0.15) is 0 Å². The largest absolute Gasteiger partial charge is 0.497 e. The molecule has 0 bridgehead atoms. The molecule has 2 heterocycles. The Morgan fingerprint density at radius 3 is 2.66 bits per heavy atom. The van der Waals surface area contributed by atoms with Gasteiger partial charge < -0.3 is 15.5 Å². The van der Waals surface area contributed by atoms with E-state index >= 15 is 0 Å². The van der Waals surface area contributed by atoms with Crippen molar-refractivity contribution in [3.8, 4) is 5.75 Å². The minimum Gasteiger partial charge on any atom is -0.497 e. The van der Waals surface area contributed by atoms with Gasteiger partial charge in [0.15, 0.2) is 0 Å². The van der Waals surface area contributed by atoms with E-state index in [1.165, 1.54) is 11.8 Å². The molecule has 1 aliphatic heterocycles. The Balaban J connectivity index is 1.66. The lowest BCUT2D eigenvalue weighted by Crippen LogP contribution is -2.41. The number of thioether (sulfide) groups is 1. The first kappa shape index (κ1) is 20.2. The molecule has 150 valence electrons. The normalized spacial score (nSPS) is 17.9. The molecule has 2 N–H and O–H groups in total. The lowest BCUT2D eigenvalue weighted by atomic mass is 10.0. The van der Waals surface area contributed by atoms with E-state index in [1.807, 2.05) is 54.1 Å². The number of nitrogens with zero attached hydrogens (tertiary/aromatic N) is 1. The van der Waals surface area contributed by atoms with Crippen LogP contribution in [0.25, 0.3) is 0 Å². The van der Waals surface area contributed by atoms with E-state index in [1.54, 1.807) is 19.2 Å². The van der Waals surface area contributed by atoms with Gasteiger partial charge in [-0.15, -0.1) is 0 Å². The molecular weight excluding hydrogens is 474 g/mol. The average molecular weight is 493 g/mol. The number of ether oxygens (including phenoxy) is 1. The molecule has 0 saturated heterocycles. The Bertz CT molecular complexity index is 1050. The maximum atomic E-state index is 13.3. The van der Waals surface area contributed by atoms with Crippen LogP contribution >= 0.6 is 39.3 Å². The van der Waals surface area contributed by atoms with E-state index in [0.29, 0.717) is 10.7 Å². The Morgan fingerprint density at radius 2 is 1.97 bits per heavy atom. The number of nitrogens with one attached hydrogen (secondary N) is 2. The molecule has 0 unspecified atom stereocenters. The van der Waals surface area contributed by atoms with Crippen LogP contribution in [-0.4, -0.2) is 22.9 Å². The number of fused-ring (bicyclic) bond motifs is 1. The second-order valence-corrected chi connectivity index (χ2v) is 9.16. The van der Waals surface area contributed by atoms with Crippen LogP contribution < -0.4 is 15.5 Å². The molecule has 0 saturated carbocycles. The summed E-state index contributed by atoms with van der Waals surface area (Å²) in [5.74, 6) is 0.662. The van der Waals surface area contributed by atoms with Gasteiger partial charge in [-0.3, -0.25) is 9.47 Å². The number of benzene rings is 2. The Kier molecular flexibility index (Phi) is 5.81. The number of rotatable bonds is 4. The molecule has 5 nitrogen and oxygen atoms in total. The molecule has 1 amide bonds. The van der Waals surface area contributed by atoms with Crippen LogP contribution in [0.1, 0.15) is 17.3 Å². The highest BCUT2D eigenvalue weighted by molar-refractivity contribution is 9.10. The summed E-state index contributed by atoms with van der Waals surface area (Å²) >= 11 is 11.2. The molecule has 0 fully saturated rings. The van der Waals surface area contributed by atoms with Crippen LogP contribution in [0.4, 0.5) is 5.69 Å². The van der Waals surface area contributed by atoms with E-state index in [4.69, 9.17) is 16.3 Å². The van der Waals surface area contributed by atoms with Crippen molar-refractivity contribution in [1.82, 2.24) is 4.68 Å². The smallest absolute Gasteiger partial charge is 0.240 e. The molecular formula is C21H19BrClN3O2S. The molecule has 8 heteroatoms. The van der Waals surface area contributed by atoms with Crippen molar-refractivity contribution in [3.63, 3.8) is 0 Å². The van der Waals surface area contributed by atoms with Crippen molar-refractivity contribution < 1.29 is 9.53 Å². The lowest BCUT2D eigenvalue weighted by molar-refractivity contribution is -0.116. The van der Waals surface area contributed by atoms with Crippen molar-refractivity contribution in [2.45, 2.75) is 23.2 Å². The Labute approximate surface area is 186 Å². The van der Waals surface area contributed by atoms with E-state index in [-0.39, 0.29) is 17.2 Å². The number of aryl methyl sites for hydroxylation is 1. The van der Waals surface area contributed by atoms with Gasteiger partial charge in [0.1, 0.15) is 11.0 Å². The molecule has 0 spiro atoms. The number of methoxy groups -OCH3 is 1. The quantitative estimate of drug-likeness (QED) is 0.496. The average Bonchev–Trinajstić information content (AvgIpc) is 3.09. The molecule has 3 aromatic rings. The number of anilines is 1. The van der Waals surface area contributed by atoms with Gasteiger partial charge in [-0.25, -0.2) is 0 Å². The molecule has 2 atom stereocenters. The molecule has 0 radical (unpaired) electrons. The van der Waals surface area contributed by atoms with Gasteiger partial charge in [0.2, 0.25) is 5.91 Å². The predicted octanol–water partition coefficient (Wildman–Crippen LogP) is 5.62. The standard InChI is InChI=1S/C21H19BrClN3O2S/c1-12-3-10-18-26(12)25-19(13-4-7-15(28-2)8-5-13)20(29-18)21(27)24-17-9-6-14(22)11-16(17)23/h3-11,19-20,25H,1-2H3,(H,24,27)/t19-,20-/m0/s1. The summed E-state index contributed by atoms with van der Waals surface area (Å²) in [6.45, 7) is 2.03. The fraction of sp³-hybridized carbons (Fsp3) is 0.190. The molecule has 0 aliphatic carbocycles. The number of hydrogen-bond donors (Lipinski definition) is 2. The number of hydrogen-bond acceptors (Lipinski definition) is 4. The summed E-state index contributed by atoms with van der Waals surface area (Å²) in [5, 5.41) is 4.08. The topological polar surface area (TPSA) is 55.3 Å². The number of carbonyl (C=O) groups is 1. The minimum atomic E-state index is -0.384. The van der Waals surface area contributed by atoms with E-state index < -0.39 is 0 Å². The van der Waals surface area contributed by atoms with Crippen molar-refractivity contribution in [2.75, 3.05) is 17.9 Å². The number of carbonyl (C=O) groups excluding carboxylic acids is 1. The van der Waals surface area contributed by atoms with E-state index in [2.05, 4.69) is 26.7 Å². The number of halogens is 2. The molecule has 29 heavy (non-hydrogen) atoms. The summed E-state index contributed by atoms with van der Waals surface area (Å²) in [7, 11) is 1.64. The van der Waals surface area contributed by atoms with E-state index in [9.17, 15) is 4.79 Å². The van der Waals surface area contributed by atoms with Crippen LogP contribution in [0, 0.1) is 6.92 Å². The number of aromatic nitrogens is 1. The van der Waals surface area contributed by atoms with Crippen molar-refractivity contribution in [1.29, 1.82) is 0 Å². The van der Waals surface area contributed by atoms with Gasteiger partial charge in [-0.1, -0.05) is 51.4 Å². The van der Waals surface area contributed by atoms with Crippen LogP contribution in [0.2, 0.25) is 5.02 Å². The van der Waals surface area contributed by atoms with Crippen molar-refractivity contribution in [3.05, 3.63) is 75.4 Å². The first-order valence-corrected chi connectivity index (χ1v) is 11.0. The molecule has 1 aliphatic rings. The monoisotopic (exact) mass is 491 g/mol. The first-order chi connectivity index (χ1) is 14.0. The highest BCUT2D eigenvalue weighted by Crippen LogP contribution is 2.39. The van der Waals surface area contributed by atoms with Crippen molar-refractivity contribution >= 4 is 50.9 Å². The Morgan fingerprint density at radius 1 is 1.21 bits per heavy atom. The summed E-state index contributed by atoms with van der Waals surface area (Å²) in [6.07, 6.45) is 0. The minimum absolute atomic E-state index is 0.113. The van der Waals surface area contributed by atoms with Gasteiger partial charge in [0.05, 0.1) is 28.9 Å². The van der Waals surface area contributed by atoms with E-state index in [0.717, 1.165) is 26.5 Å². The summed E-state index contributed by atoms with van der Waals surface area (Å²) in [6, 6.07) is 17.0. The van der Waals surface area contributed by atoms with Gasteiger partial charge in [-0.05, 0) is 55.0 Å². The molecule has 1 aromatic heterocycles. The van der Waals surface area contributed by atoms with Gasteiger partial charge >= 0.3 is 0 Å². The zero-order valence-electron chi connectivity index (χ0n) is 15.8. The lowest BCUT2D eigenvalue weighted by Gasteiger charge is -2.34. The van der Waals surface area contributed by atoms with Crippen molar-refractivity contribution in [2.24, 2.45) is 0 Å². The third-order valence-electron chi connectivity index (χ3n) is 4.78. The first-order valence-electron chi connectivity index (χ1n) is 8.97. The zero-order valence-corrected chi connectivity index (χ0v) is 18.9. The maximum Gasteiger partial charge on any atom is 0.240 e. The van der Waals surface area contributed by atoms with Gasteiger partial charge in [0, 0.05) is 10.2 Å². The highest BCUT2D eigenvalue weighted by Gasteiger charge is 2.36. The summed E-state index contributed by atoms with van der Waals surface area (Å²) < 4.78 is 8.15. The Hall–Kier alpha value is -2.09. The SMILES string of the molecule is COc1ccc([C@@H]2Nn3c(C)ccc3S[C@@H]2C(=O)Nc2ccc(Br)cc2Cl)cc1. The summed E-state index contributed by atoms with van der Waals surface area (Å²) in [5.41, 5.74) is 6.17.